The topological polar surface area (TPSA) is 78.9 Å². The second-order valence-corrected chi connectivity index (χ2v) is 4.45. The Hall–Kier alpha value is -1.85. The molecule has 0 saturated heterocycles. The molecule has 0 N–H and O–H groups in total. The minimum atomic E-state index is -1.00. The first kappa shape index (κ1) is 19.1. The van der Waals surface area contributed by atoms with Crippen LogP contribution in [0.4, 0.5) is 0 Å². The first-order valence-corrected chi connectivity index (χ1v) is 7.23. The van der Waals surface area contributed by atoms with Crippen molar-refractivity contribution < 1.29 is 28.6 Å². The molecule has 6 heteroatoms. The van der Waals surface area contributed by atoms with Crippen LogP contribution in [0.15, 0.2) is 12.2 Å². The van der Waals surface area contributed by atoms with E-state index in [1.165, 1.54) is 6.92 Å². The van der Waals surface area contributed by atoms with E-state index >= 15 is 0 Å². The van der Waals surface area contributed by atoms with Crippen molar-refractivity contribution in [2.75, 3.05) is 13.2 Å². The highest BCUT2D eigenvalue weighted by Gasteiger charge is 2.17. The number of carbonyl (C=O) groups is 3. The third-order valence-electron chi connectivity index (χ3n) is 2.46. The van der Waals surface area contributed by atoms with Crippen molar-refractivity contribution in [2.24, 2.45) is 0 Å². The zero-order valence-corrected chi connectivity index (χ0v) is 12.9. The molecular formula is C15H24O6. The van der Waals surface area contributed by atoms with Crippen molar-refractivity contribution in [3.63, 3.8) is 0 Å². The van der Waals surface area contributed by atoms with Crippen LogP contribution in [0, 0.1) is 0 Å². The Balaban J connectivity index is 4.00. The molecule has 0 heterocycles. The minimum absolute atomic E-state index is 0.302. The molecule has 120 valence electrons. The summed E-state index contributed by atoms with van der Waals surface area (Å²) in [5.74, 6) is -2.00. The maximum atomic E-state index is 11.5. The zero-order valence-electron chi connectivity index (χ0n) is 12.9. The smallest absolute Gasteiger partial charge is 0.347 e. The van der Waals surface area contributed by atoms with Crippen LogP contribution in [0.3, 0.4) is 0 Å². The molecule has 0 aromatic rings. The Morgan fingerprint density at radius 2 is 1.43 bits per heavy atom. The van der Waals surface area contributed by atoms with Gasteiger partial charge >= 0.3 is 17.9 Å². The Morgan fingerprint density at radius 3 is 2.00 bits per heavy atom. The fraction of sp³-hybridized carbons (Fsp3) is 0.667. The van der Waals surface area contributed by atoms with Crippen LogP contribution >= 0.6 is 0 Å². The van der Waals surface area contributed by atoms with E-state index in [0.717, 1.165) is 37.8 Å². The van der Waals surface area contributed by atoms with Crippen LogP contribution in [0.25, 0.3) is 0 Å². The van der Waals surface area contributed by atoms with E-state index in [1.54, 1.807) is 0 Å². The molecular weight excluding hydrogens is 276 g/mol. The molecule has 0 aromatic carbocycles. The number of ether oxygens (including phenoxy) is 3. The lowest BCUT2D eigenvalue weighted by Crippen LogP contribution is -2.26. The normalized spacial score (nSPS) is 12.0. The standard InChI is InChI=1S/C15H24O6/c1-4-6-10-19-13(16)8-9-14(17)21-12(3)15(18)20-11-7-5-2/h8-9,12H,4-7,10-11H2,1-3H3/b9-8+/t12-/m0/s1. The Labute approximate surface area is 125 Å². The molecule has 0 rings (SSSR count). The van der Waals surface area contributed by atoms with Crippen molar-refractivity contribution in [3.05, 3.63) is 12.2 Å². The van der Waals surface area contributed by atoms with E-state index in [9.17, 15) is 14.4 Å². The SMILES string of the molecule is CCCCOC(=O)/C=C/C(=O)O[C@@H](C)C(=O)OCCCC. The molecule has 0 unspecified atom stereocenters. The second-order valence-electron chi connectivity index (χ2n) is 4.45. The summed E-state index contributed by atoms with van der Waals surface area (Å²) in [6, 6.07) is 0. The van der Waals surface area contributed by atoms with Gasteiger partial charge in [-0.1, -0.05) is 26.7 Å². The van der Waals surface area contributed by atoms with Crippen LogP contribution in [0.2, 0.25) is 0 Å². The first-order valence-electron chi connectivity index (χ1n) is 7.23. The quantitative estimate of drug-likeness (QED) is 0.266. The van der Waals surface area contributed by atoms with E-state index in [1.807, 2.05) is 13.8 Å². The lowest BCUT2D eigenvalue weighted by Gasteiger charge is -2.11. The highest BCUT2D eigenvalue weighted by atomic mass is 16.6. The van der Waals surface area contributed by atoms with Crippen LogP contribution in [-0.4, -0.2) is 37.2 Å². The first-order chi connectivity index (χ1) is 10.0. The van der Waals surface area contributed by atoms with Crippen LogP contribution in [0.5, 0.6) is 0 Å². The lowest BCUT2D eigenvalue weighted by atomic mass is 10.3. The predicted octanol–water partition coefficient (Wildman–Crippen LogP) is 2.16. The van der Waals surface area contributed by atoms with Crippen molar-refractivity contribution >= 4 is 17.9 Å². The van der Waals surface area contributed by atoms with Crippen molar-refractivity contribution in [3.8, 4) is 0 Å². The molecule has 1 atom stereocenters. The molecule has 21 heavy (non-hydrogen) atoms. The predicted molar refractivity (Wildman–Crippen MR) is 76.4 cm³/mol. The molecule has 0 aromatic heterocycles. The van der Waals surface area contributed by atoms with Crippen molar-refractivity contribution in [1.29, 1.82) is 0 Å². The van der Waals surface area contributed by atoms with Gasteiger partial charge in [-0.15, -0.1) is 0 Å². The molecule has 0 bridgehead atoms. The van der Waals surface area contributed by atoms with Gasteiger partial charge in [0.15, 0.2) is 6.10 Å². The summed E-state index contributed by atoms with van der Waals surface area (Å²) in [5.41, 5.74) is 0. The van der Waals surface area contributed by atoms with Crippen LogP contribution < -0.4 is 0 Å². The van der Waals surface area contributed by atoms with Gasteiger partial charge in [0, 0.05) is 12.2 Å². The number of hydrogen-bond acceptors (Lipinski definition) is 6. The van der Waals surface area contributed by atoms with E-state index in [4.69, 9.17) is 14.2 Å². The summed E-state index contributed by atoms with van der Waals surface area (Å²) in [7, 11) is 0. The third-order valence-corrected chi connectivity index (χ3v) is 2.46. The lowest BCUT2D eigenvalue weighted by molar-refractivity contribution is -0.163. The van der Waals surface area contributed by atoms with Gasteiger partial charge in [0.2, 0.25) is 0 Å². The Morgan fingerprint density at radius 1 is 0.905 bits per heavy atom. The molecule has 0 radical (unpaired) electrons. The molecule has 0 saturated carbocycles. The van der Waals surface area contributed by atoms with Crippen molar-refractivity contribution in [1.82, 2.24) is 0 Å². The molecule has 0 spiro atoms. The van der Waals surface area contributed by atoms with Gasteiger partial charge in [-0.3, -0.25) is 0 Å². The summed E-state index contributed by atoms with van der Waals surface area (Å²) in [5, 5.41) is 0. The summed E-state index contributed by atoms with van der Waals surface area (Å²) < 4.78 is 14.5. The summed E-state index contributed by atoms with van der Waals surface area (Å²) in [4.78, 5) is 34.1. The molecule has 0 aliphatic heterocycles. The number of carbonyl (C=O) groups excluding carboxylic acids is 3. The minimum Gasteiger partial charge on any atom is -0.463 e. The summed E-state index contributed by atoms with van der Waals surface area (Å²) in [6.07, 6.45) is 4.26. The maximum absolute atomic E-state index is 11.5. The Kier molecular flexibility index (Phi) is 10.9. The van der Waals surface area contributed by atoms with Crippen molar-refractivity contribution in [2.45, 2.75) is 52.6 Å². The molecule has 0 amide bonds. The van der Waals surface area contributed by atoms with Gasteiger partial charge in [0.05, 0.1) is 13.2 Å². The molecule has 6 nitrogen and oxygen atoms in total. The average molecular weight is 300 g/mol. The summed E-state index contributed by atoms with van der Waals surface area (Å²) >= 11 is 0. The fourth-order valence-corrected chi connectivity index (χ4v) is 1.20. The molecule has 0 fully saturated rings. The largest absolute Gasteiger partial charge is 0.463 e. The van der Waals surface area contributed by atoms with Crippen LogP contribution in [0.1, 0.15) is 46.5 Å². The molecule has 0 aliphatic rings. The van der Waals surface area contributed by atoms with Gasteiger partial charge < -0.3 is 14.2 Å². The monoisotopic (exact) mass is 300 g/mol. The third kappa shape index (κ3) is 10.6. The van der Waals surface area contributed by atoms with Crippen LogP contribution in [-0.2, 0) is 28.6 Å². The van der Waals surface area contributed by atoms with E-state index in [0.29, 0.717) is 13.2 Å². The number of rotatable bonds is 10. The average Bonchev–Trinajstić information content (AvgIpc) is 2.45. The maximum Gasteiger partial charge on any atom is 0.347 e. The van der Waals surface area contributed by atoms with Gasteiger partial charge in [-0.05, 0) is 19.8 Å². The fourth-order valence-electron chi connectivity index (χ4n) is 1.20. The van der Waals surface area contributed by atoms with E-state index in [2.05, 4.69) is 0 Å². The molecule has 0 aliphatic carbocycles. The van der Waals surface area contributed by atoms with Gasteiger partial charge in [-0.25, -0.2) is 14.4 Å². The van der Waals surface area contributed by atoms with Gasteiger partial charge in [0.1, 0.15) is 0 Å². The van der Waals surface area contributed by atoms with E-state index in [-0.39, 0.29) is 0 Å². The second kappa shape index (κ2) is 11.9. The zero-order chi connectivity index (χ0) is 16.1. The Bertz CT molecular complexity index is 361. The number of hydrogen-bond donors (Lipinski definition) is 0. The highest BCUT2D eigenvalue weighted by Crippen LogP contribution is 1.99. The van der Waals surface area contributed by atoms with E-state index < -0.39 is 24.0 Å². The summed E-state index contributed by atoms with van der Waals surface area (Å²) in [6.45, 7) is 5.98. The number of unbranched alkanes of at least 4 members (excludes halogenated alkanes) is 2. The number of esters is 3. The van der Waals surface area contributed by atoms with Gasteiger partial charge in [0.25, 0.3) is 0 Å². The van der Waals surface area contributed by atoms with Gasteiger partial charge in [-0.2, -0.15) is 0 Å². The highest BCUT2D eigenvalue weighted by molar-refractivity contribution is 5.92.